The van der Waals surface area contributed by atoms with E-state index in [0.717, 1.165) is 58.0 Å². The summed E-state index contributed by atoms with van der Waals surface area (Å²) >= 11 is 0. The molecule has 0 aromatic rings. The van der Waals surface area contributed by atoms with Crippen molar-refractivity contribution in [2.24, 2.45) is 11.8 Å². The lowest BCUT2D eigenvalue weighted by molar-refractivity contribution is -0.154. The normalized spacial score (nSPS) is 27.7. The zero-order valence-corrected chi connectivity index (χ0v) is 18.7. The fourth-order valence-corrected chi connectivity index (χ4v) is 4.58. The van der Waals surface area contributed by atoms with Crippen LogP contribution in [0.25, 0.3) is 0 Å². The third kappa shape index (κ3) is 8.75. The fourth-order valence-electron chi connectivity index (χ4n) is 4.58. The van der Waals surface area contributed by atoms with Crippen LogP contribution in [0.15, 0.2) is 0 Å². The quantitative estimate of drug-likeness (QED) is 0.512. The molecular formula is C24H42O5. The molecule has 0 N–H and O–H groups in total. The van der Waals surface area contributed by atoms with Gasteiger partial charge in [-0.1, -0.05) is 45.4 Å². The SMILES string of the molecule is CCCCC(CC(=O)C1OC2CCCCCCC1COCCCC2)C(=O)OCC. The zero-order chi connectivity index (χ0) is 20.9. The Bertz CT molecular complexity index is 462. The van der Waals surface area contributed by atoms with Crippen molar-refractivity contribution in [3.8, 4) is 0 Å². The van der Waals surface area contributed by atoms with Gasteiger partial charge in [0, 0.05) is 18.9 Å². The Hall–Kier alpha value is -0.940. The predicted molar refractivity (Wildman–Crippen MR) is 114 cm³/mol. The summed E-state index contributed by atoms with van der Waals surface area (Å²) in [5.41, 5.74) is 0. The summed E-state index contributed by atoms with van der Waals surface area (Å²) in [7, 11) is 0. The molecular weight excluding hydrogens is 368 g/mol. The van der Waals surface area contributed by atoms with E-state index in [2.05, 4.69) is 6.92 Å². The summed E-state index contributed by atoms with van der Waals surface area (Å²) in [5, 5.41) is 0. The van der Waals surface area contributed by atoms with E-state index >= 15 is 0 Å². The van der Waals surface area contributed by atoms with Crippen molar-refractivity contribution in [1.29, 1.82) is 0 Å². The maximum atomic E-state index is 13.4. The second-order valence-corrected chi connectivity index (χ2v) is 8.76. The number of ketones is 1. The lowest BCUT2D eigenvalue weighted by atomic mass is 9.86. The van der Waals surface area contributed by atoms with Crippen molar-refractivity contribution in [2.75, 3.05) is 19.8 Å². The van der Waals surface area contributed by atoms with Gasteiger partial charge in [-0.25, -0.2) is 0 Å². The minimum atomic E-state index is -0.449. The molecule has 0 aliphatic carbocycles. The third-order valence-electron chi connectivity index (χ3n) is 6.31. The largest absolute Gasteiger partial charge is 0.466 e. The third-order valence-corrected chi connectivity index (χ3v) is 6.31. The van der Waals surface area contributed by atoms with Gasteiger partial charge in [-0.15, -0.1) is 0 Å². The molecule has 0 aromatic heterocycles. The number of hydrogen-bond donors (Lipinski definition) is 0. The number of fused-ring (bicyclic) bond motifs is 3. The average Bonchev–Trinajstić information content (AvgIpc) is 2.72. The molecule has 5 nitrogen and oxygen atoms in total. The van der Waals surface area contributed by atoms with Gasteiger partial charge in [-0.05, 0) is 45.4 Å². The van der Waals surface area contributed by atoms with Crippen LogP contribution in [0, 0.1) is 11.8 Å². The highest BCUT2D eigenvalue weighted by atomic mass is 16.5. The van der Waals surface area contributed by atoms with E-state index in [1.54, 1.807) is 0 Å². The standard InChI is InChI=1S/C24H42O5/c1-3-5-12-19(24(26)28-4-2)17-22(25)23-20-13-8-6-7-9-14-21(29-23)15-10-11-16-27-18-20/h19-21,23H,3-18H2,1-2H3. The summed E-state index contributed by atoms with van der Waals surface area (Å²) < 4.78 is 17.7. The lowest BCUT2D eigenvalue weighted by Gasteiger charge is -2.33. The number of unbranched alkanes of at least 4 members (excludes halogenated alkanes) is 1. The summed E-state index contributed by atoms with van der Waals surface area (Å²) in [6.07, 6.45) is 12.5. The van der Waals surface area contributed by atoms with Crippen LogP contribution in [0.5, 0.6) is 0 Å². The number of rotatable bonds is 8. The highest BCUT2D eigenvalue weighted by Gasteiger charge is 2.35. The van der Waals surface area contributed by atoms with Crippen molar-refractivity contribution in [2.45, 2.75) is 110 Å². The van der Waals surface area contributed by atoms with E-state index in [1.165, 1.54) is 19.3 Å². The molecule has 168 valence electrons. The van der Waals surface area contributed by atoms with Crippen LogP contribution in [-0.4, -0.2) is 43.8 Å². The van der Waals surface area contributed by atoms with Crippen LogP contribution in [-0.2, 0) is 23.8 Å². The van der Waals surface area contributed by atoms with Crippen molar-refractivity contribution in [3.05, 3.63) is 0 Å². The molecule has 0 aromatic carbocycles. The maximum absolute atomic E-state index is 13.4. The predicted octanol–water partition coefficient (Wildman–Crippen LogP) is 5.24. The van der Waals surface area contributed by atoms with Gasteiger partial charge in [0.05, 0.1) is 25.2 Å². The average molecular weight is 411 g/mol. The molecule has 2 aliphatic heterocycles. The number of hydrogen-bond acceptors (Lipinski definition) is 5. The molecule has 2 heterocycles. The first-order valence-electron chi connectivity index (χ1n) is 12.1. The molecule has 0 radical (unpaired) electrons. The monoisotopic (exact) mass is 410 g/mol. The van der Waals surface area contributed by atoms with E-state index in [-0.39, 0.29) is 36.1 Å². The van der Waals surface area contributed by atoms with E-state index in [9.17, 15) is 9.59 Å². The molecule has 5 heteroatoms. The lowest BCUT2D eigenvalue weighted by Crippen LogP contribution is -2.40. The number of esters is 1. The van der Waals surface area contributed by atoms with Gasteiger partial charge < -0.3 is 14.2 Å². The van der Waals surface area contributed by atoms with Crippen LogP contribution >= 0.6 is 0 Å². The van der Waals surface area contributed by atoms with Crippen molar-refractivity contribution in [1.82, 2.24) is 0 Å². The van der Waals surface area contributed by atoms with Crippen molar-refractivity contribution < 1.29 is 23.8 Å². The second-order valence-electron chi connectivity index (χ2n) is 8.76. The summed E-state index contributed by atoms with van der Waals surface area (Å²) in [6, 6.07) is 0. The molecule has 2 rings (SSSR count). The molecule has 29 heavy (non-hydrogen) atoms. The summed E-state index contributed by atoms with van der Waals surface area (Å²) in [6.45, 7) is 5.63. The molecule has 2 bridgehead atoms. The Morgan fingerprint density at radius 3 is 2.45 bits per heavy atom. The Balaban J connectivity index is 2.14. The highest BCUT2D eigenvalue weighted by Crippen LogP contribution is 2.29. The topological polar surface area (TPSA) is 61.8 Å². The fraction of sp³-hybridized carbons (Fsp3) is 0.917. The van der Waals surface area contributed by atoms with Crippen molar-refractivity contribution in [3.63, 3.8) is 0 Å². The van der Waals surface area contributed by atoms with Crippen molar-refractivity contribution >= 4 is 11.8 Å². The van der Waals surface area contributed by atoms with Gasteiger partial charge >= 0.3 is 5.97 Å². The Labute approximate surface area is 177 Å². The first-order chi connectivity index (χ1) is 14.2. The van der Waals surface area contributed by atoms with E-state index in [0.29, 0.717) is 19.6 Å². The van der Waals surface area contributed by atoms with Crippen LogP contribution in [0.2, 0.25) is 0 Å². The minimum Gasteiger partial charge on any atom is -0.466 e. The zero-order valence-electron chi connectivity index (χ0n) is 18.7. The summed E-state index contributed by atoms with van der Waals surface area (Å²) in [5.74, 6) is -0.428. The molecule has 4 atom stereocenters. The number of carbonyl (C=O) groups is 2. The molecule has 2 aliphatic rings. The molecule has 0 saturated carbocycles. The first-order valence-corrected chi connectivity index (χ1v) is 12.1. The Morgan fingerprint density at radius 1 is 1.00 bits per heavy atom. The first kappa shape index (κ1) is 24.3. The Kier molecular flexibility index (Phi) is 11.9. The van der Waals surface area contributed by atoms with E-state index in [1.807, 2.05) is 6.92 Å². The summed E-state index contributed by atoms with van der Waals surface area (Å²) in [4.78, 5) is 25.8. The van der Waals surface area contributed by atoms with E-state index in [4.69, 9.17) is 14.2 Å². The van der Waals surface area contributed by atoms with Crippen LogP contribution in [0.1, 0.15) is 97.3 Å². The smallest absolute Gasteiger partial charge is 0.309 e. The highest BCUT2D eigenvalue weighted by molar-refractivity contribution is 5.87. The number of ether oxygens (including phenoxy) is 3. The number of carbonyl (C=O) groups excluding carboxylic acids is 2. The molecule has 2 saturated heterocycles. The Morgan fingerprint density at radius 2 is 1.72 bits per heavy atom. The molecule has 2 fully saturated rings. The molecule has 0 amide bonds. The minimum absolute atomic E-state index is 0.0684. The molecule has 4 unspecified atom stereocenters. The van der Waals surface area contributed by atoms with E-state index < -0.39 is 6.10 Å². The molecule has 0 spiro atoms. The van der Waals surface area contributed by atoms with Gasteiger partial charge in [0.15, 0.2) is 5.78 Å². The van der Waals surface area contributed by atoms with Gasteiger partial charge in [0.1, 0.15) is 6.10 Å². The van der Waals surface area contributed by atoms with Crippen LogP contribution in [0.4, 0.5) is 0 Å². The second kappa shape index (κ2) is 14.1. The van der Waals surface area contributed by atoms with Crippen LogP contribution < -0.4 is 0 Å². The number of Topliss-reactive ketones (excluding diaryl/α,β-unsaturated/α-hetero) is 1. The van der Waals surface area contributed by atoms with Gasteiger partial charge in [0.25, 0.3) is 0 Å². The van der Waals surface area contributed by atoms with Gasteiger partial charge in [-0.3, -0.25) is 9.59 Å². The van der Waals surface area contributed by atoms with Gasteiger partial charge in [-0.2, -0.15) is 0 Å². The van der Waals surface area contributed by atoms with Gasteiger partial charge in [0.2, 0.25) is 0 Å². The maximum Gasteiger partial charge on any atom is 0.309 e. The van der Waals surface area contributed by atoms with Crippen LogP contribution in [0.3, 0.4) is 0 Å².